The van der Waals surface area contributed by atoms with E-state index in [4.69, 9.17) is 9.84 Å². The number of amides is 1. The molecule has 16 heavy (non-hydrogen) atoms. The predicted molar refractivity (Wildman–Crippen MR) is 55.1 cm³/mol. The maximum absolute atomic E-state index is 11.5. The topological polar surface area (TPSA) is 70.1 Å². The zero-order chi connectivity index (χ0) is 11.7. The van der Waals surface area contributed by atoms with Crippen LogP contribution in [0.15, 0.2) is 0 Å². The van der Waals surface area contributed by atoms with Crippen LogP contribution in [-0.4, -0.2) is 65.8 Å². The van der Waals surface area contributed by atoms with Crippen LogP contribution < -0.4 is 0 Å². The van der Waals surface area contributed by atoms with Crippen molar-refractivity contribution in [3.05, 3.63) is 0 Å². The zero-order valence-electron chi connectivity index (χ0n) is 9.26. The average Bonchev–Trinajstić information content (AvgIpc) is 2.62. The molecule has 2 heterocycles. The van der Waals surface area contributed by atoms with E-state index in [0.717, 1.165) is 25.9 Å². The van der Waals surface area contributed by atoms with E-state index in [-0.39, 0.29) is 12.6 Å². The first-order valence-electron chi connectivity index (χ1n) is 5.46. The number of hydrogen-bond acceptors (Lipinski definition) is 4. The summed E-state index contributed by atoms with van der Waals surface area (Å²) in [5, 5.41) is 9.00. The summed E-state index contributed by atoms with van der Waals surface area (Å²) in [5.41, 5.74) is 0. The summed E-state index contributed by atoms with van der Waals surface area (Å²) in [7, 11) is 2.02. The van der Waals surface area contributed by atoms with Gasteiger partial charge in [0.05, 0.1) is 0 Å². The van der Waals surface area contributed by atoms with E-state index in [9.17, 15) is 9.59 Å². The van der Waals surface area contributed by atoms with Gasteiger partial charge >= 0.3 is 12.1 Å². The second-order valence-electron chi connectivity index (χ2n) is 4.37. The average molecular weight is 228 g/mol. The van der Waals surface area contributed by atoms with Crippen LogP contribution in [0.4, 0.5) is 4.79 Å². The maximum atomic E-state index is 11.5. The zero-order valence-corrected chi connectivity index (χ0v) is 9.26. The number of ether oxygens (including phenoxy) is 1. The minimum atomic E-state index is -0.982. The largest absolute Gasteiger partial charge is 0.480 e. The van der Waals surface area contributed by atoms with E-state index in [1.54, 1.807) is 0 Å². The molecule has 2 fully saturated rings. The molecule has 0 aromatic carbocycles. The Bertz CT molecular complexity index is 299. The molecule has 1 atom stereocenters. The molecule has 90 valence electrons. The highest BCUT2D eigenvalue weighted by molar-refractivity contribution is 5.83. The summed E-state index contributed by atoms with van der Waals surface area (Å²) in [6.45, 7) is 1.75. The van der Waals surface area contributed by atoms with Gasteiger partial charge in [-0.1, -0.05) is 0 Å². The maximum Gasteiger partial charge on any atom is 0.410 e. The molecule has 0 aromatic heterocycles. The van der Waals surface area contributed by atoms with Crippen molar-refractivity contribution in [3.63, 3.8) is 0 Å². The van der Waals surface area contributed by atoms with E-state index in [0.29, 0.717) is 0 Å². The van der Waals surface area contributed by atoms with Gasteiger partial charge in [-0.05, 0) is 33.0 Å². The lowest BCUT2D eigenvalue weighted by Crippen LogP contribution is -2.50. The third-order valence-electron chi connectivity index (χ3n) is 3.28. The van der Waals surface area contributed by atoms with Crippen molar-refractivity contribution in [1.29, 1.82) is 0 Å². The number of rotatable bonds is 2. The Labute approximate surface area is 93.8 Å². The fourth-order valence-electron chi connectivity index (χ4n) is 2.30. The molecule has 2 aliphatic rings. The Kier molecular flexibility index (Phi) is 3.00. The highest BCUT2D eigenvalue weighted by atomic mass is 16.6. The summed E-state index contributed by atoms with van der Waals surface area (Å²) < 4.78 is 4.81. The first-order chi connectivity index (χ1) is 7.59. The molecular formula is C10H16N2O4. The Morgan fingerprint density at radius 3 is 2.62 bits per heavy atom. The van der Waals surface area contributed by atoms with Gasteiger partial charge in [-0.2, -0.15) is 0 Å². The Hall–Kier alpha value is -1.30. The molecule has 2 aliphatic heterocycles. The van der Waals surface area contributed by atoms with Crippen LogP contribution in [-0.2, 0) is 9.53 Å². The van der Waals surface area contributed by atoms with Crippen LogP contribution in [0.5, 0.6) is 0 Å². The molecule has 2 rings (SSSR count). The van der Waals surface area contributed by atoms with E-state index in [1.807, 2.05) is 7.05 Å². The van der Waals surface area contributed by atoms with Crippen LogP contribution in [0.1, 0.15) is 12.8 Å². The first kappa shape index (κ1) is 11.2. The van der Waals surface area contributed by atoms with Crippen molar-refractivity contribution in [2.75, 3.05) is 26.7 Å². The monoisotopic (exact) mass is 228 g/mol. The van der Waals surface area contributed by atoms with Crippen molar-refractivity contribution >= 4 is 12.1 Å². The predicted octanol–water partition coefficient (Wildman–Crippen LogP) is -0.0140. The second-order valence-corrected chi connectivity index (χ2v) is 4.37. The number of carboxylic acid groups (broad SMARTS) is 1. The smallest absolute Gasteiger partial charge is 0.410 e. The lowest BCUT2D eigenvalue weighted by molar-refractivity contribution is -0.142. The van der Waals surface area contributed by atoms with E-state index < -0.39 is 18.1 Å². The number of aliphatic carboxylic acids is 1. The Morgan fingerprint density at radius 1 is 1.44 bits per heavy atom. The highest BCUT2D eigenvalue weighted by Gasteiger charge is 2.42. The fraction of sp³-hybridized carbons (Fsp3) is 0.800. The molecule has 1 unspecified atom stereocenters. The minimum Gasteiger partial charge on any atom is -0.480 e. The van der Waals surface area contributed by atoms with Crippen LogP contribution in [0.2, 0.25) is 0 Å². The first-order valence-corrected chi connectivity index (χ1v) is 5.46. The van der Waals surface area contributed by atoms with Crippen molar-refractivity contribution in [2.24, 2.45) is 0 Å². The summed E-state index contributed by atoms with van der Waals surface area (Å²) in [5.74, 6) is -0.982. The molecule has 1 amide bonds. The summed E-state index contributed by atoms with van der Waals surface area (Å²) >= 11 is 0. The van der Waals surface area contributed by atoms with E-state index >= 15 is 0 Å². The van der Waals surface area contributed by atoms with Gasteiger partial charge in [0.2, 0.25) is 0 Å². The lowest BCUT2D eigenvalue weighted by atomic mass is 10.0. The van der Waals surface area contributed by atoms with Crippen LogP contribution in [0.25, 0.3) is 0 Å². The quantitative estimate of drug-likeness (QED) is 0.719. The Morgan fingerprint density at radius 2 is 2.06 bits per heavy atom. The number of hydrogen-bond donors (Lipinski definition) is 1. The van der Waals surface area contributed by atoms with Crippen molar-refractivity contribution in [2.45, 2.75) is 24.9 Å². The third kappa shape index (κ3) is 1.97. The number of piperidine rings is 1. The molecule has 1 N–H and O–H groups in total. The van der Waals surface area contributed by atoms with Gasteiger partial charge in [-0.15, -0.1) is 0 Å². The normalized spacial score (nSPS) is 28.2. The van der Waals surface area contributed by atoms with Crippen molar-refractivity contribution in [1.82, 2.24) is 9.80 Å². The molecule has 0 spiro atoms. The van der Waals surface area contributed by atoms with Crippen LogP contribution in [0.3, 0.4) is 0 Å². The van der Waals surface area contributed by atoms with Gasteiger partial charge in [0.25, 0.3) is 0 Å². The number of nitrogens with zero attached hydrogens (tertiary/aromatic N) is 2. The molecule has 6 heteroatoms. The summed E-state index contributed by atoms with van der Waals surface area (Å²) in [6, 6.07) is -0.798. The van der Waals surface area contributed by atoms with Gasteiger partial charge in [-0.25, -0.2) is 9.59 Å². The molecule has 0 radical (unpaired) electrons. The van der Waals surface area contributed by atoms with Gasteiger partial charge in [0.1, 0.15) is 6.61 Å². The summed E-state index contributed by atoms with van der Waals surface area (Å²) in [4.78, 5) is 26.0. The number of cyclic esters (lactones) is 1. The van der Waals surface area contributed by atoms with E-state index in [1.165, 1.54) is 4.90 Å². The molecule has 0 bridgehead atoms. The van der Waals surface area contributed by atoms with Gasteiger partial charge < -0.3 is 14.7 Å². The molecule has 6 nitrogen and oxygen atoms in total. The summed E-state index contributed by atoms with van der Waals surface area (Å²) in [6.07, 6.45) is 1.15. The van der Waals surface area contributed by atoms with Gasteiger partial charge in [0.15, 0.2) is 6.04 Å². The third-order valence-corrected chi connectivity index (χ3v) is 3.28. The van der Waals surface area contributed by atoms with E-state index in [2.05, 4.69) is 4.90 Å². The lowest BCUT2D eigenvalue weighted by Gasteiger charge is -2.35. The van der Waals surface area contributed by atoms with Gasteiger partial charge in [-0.3, -0.25) is 4.90 Å². The standard InChI is InChI=1S/C10H16N2O4/c1-11-4-2-7(3-5-11)12-8(9(13)14)6-16-10(12)15/h7-8H,2-6H2,1H3,(H,13,14). The second kappa shape index (κ2) is 4.29. The number of carbonyl (C=O) groups excluding carboxylic acids is 1. The number of carbonyl (C=O) groups is 2. The number of likely N-dealkylation sites (tertiary alicyclic amines) is 1. The van der Waals surface area contributed by atoms with Crippen molar-refractivity contribution < 1.29 is 19.4 Å². The molecule has 0 saturated carbocycles. The highest BCUT2D eigenvalue weighted by Crippen LogP contribution is 2.23. The molecule has 0 aromatic rings. The Balaban J connectivity index is 2.06. The van der Waals surface area contributed by atoms with Crippen LogP contribution in [0, 0.1) is 0 Å². The van der Waals surface area contributed by atoms with Crippen LogP contribution >= 0.6 is 0 Å². The molecule has 2 saturated heterocycles. The SMILES string of the molecule is CN1CCC(N2C(=O)OCC2C(=O)O)CC1. The van der Waals surface area contributed by atoms with Gasteiger partial charge in [0, 0.05) is 6.04 Å². The number of carboxylic acids is 1. The minimum absolute atomic E-state index is 0.00676. The fourth-order valence-corrected chi connectivity index (χ4v) is 2.30. The van der Waals surface area contributed by atoms with Crippen molar-refractivity contribution in [3.8, 4) is 0 Å². The molecule has 0 aliphatic carbocycles. The molecular weight excluding hydrogens is 212 g/mol.